The van der Waals surface area contributed by atoms with Crippen molar-refractivity contribution in [2.24, 2.45) is 0 Å². The Labute approximate surface area is 122 Å². The maximum Gasteiger partial charge on any atom is 0.251 e. The van der Waals surface area contributed by atoms with Gasteiger partial charge in [-0.2, -0.15) is 0 Å². The van der Waals surface area contributed by atoms with Gasteiger partial charge < -0.3 is 10.3 Å². The van der Waals surface area contributed by atoms with Crippen LogP contribution in [0.4, 0.5) is 0 Å². The Morgan fingerprint density at radius 1 is 1.19 bits per heavy atom. The number of amides is 1. The summed E-state index contributed by atoms with van der Waals surface area (Å²) in [6.45, 7) is 0. The van der Waals surface area contributed by atoms with Crippen molar-refractivity contribution in [2.45, 2.75) is 18.4 Å². The van der Waals surface area contributed by atoms with Crippen LogP contribution in [0, 0.1) is 0 Å². The van der Waals surface area contributed by atoms with E-state index >= 15 is 0 Å². The molecule has 1 amide bonds. The first-order valence-corrected chi connectivity index (χ1v) is 7.10. The van der Waals surface area contributed by atoms with E-state index in [0.29, 0.717) is 11.5 Å². The smallest absolute Gasteiger partial charge is 0.251 e. The highest BCUT2D eigenvalue weighted by atomic mass is 16.1. The second-order valence-electron chi connectivity index (χ2n) is 5.47. The highest BCUT2D eigenvalue weighted by Gasteiger charge is 2.39. The Kier molecular flexibility index (Phi) is 2.74. The SMILES string of the molecule is O=C(NC1CC1c1ccccc1)c1ccc2nc[nH]c2c1. The van der Waals surface area contributed by atoms with Gasteiger partial charge in [-0.15, -0.1) is 0 Å². The Morgan fingerprint density at radius 2 is 2.05 bits per heavy atom. The van der Waals surface area contributed by atoms with Gasteiger partial charge >= 0.3 is 0 Å². The van der Waals surface area contributed by atoms with E-state index in [1.54, 1.807) is 6.33 Å². The predicted octanol–water partition coefficient (Wildman–Crippen LogP) is 2.85. The van der Waals surface area contributed by atoms with Gasteiger partial charge in [0.2, 0.25) is 0 Å². The molecule has 0 saturated heterocycles. The standard InChI is InChI=1S/C17H15N3O/c21-17(12-6-7-14-16(8-12)19-10-18-14)20-15-9-13(15)11-4-2-1-3-5-11/h1-8,10,13,15H,9H2,(H,18,19)(H,20,21). The van der Waals surface area contributed by atoms with E-state index in [9.17, 15) is 4.79 Å². The molecule has 0 spiro atoms. The number of aromatic nitrogens is 2. The Hall–Kier alpha value is -2.62. The minimum Gasteiger partial charge on any atom is -0.349 e. The van der Waals surface area contributed by atoms with Crippen LogP contribution in [-0.4, -0.2) is 21.9 Å². The minimum atomic E-state index is -0.0186. The molecule has 4 heteroatoms. The van der Waals surface area contributed by atoms with E-state index in [0.717, 1.165) is 17.5 Å². The molecule has 0 radical (unpaired) electrons. The van der Waals surface area contributed by atoms with Crippen LogP contribution >= 0.6 is 0 Å². The van der Waals surface area contributed by atoms with E-state index in [1.165, 1.54) is 5.56 Å². The number of benzene rings is 2. The number of nitrogens with one attached hydrogen (secondary N) is 2. The lowest BCUT2D eigenvalue weighted by Gasteiger charge is -2.05. The first kappa shape index (κ1) is 12.1. The van der Waals surface area contributed by atoms with Crippen LogP contribution in [0.2, 0.25) is 0 Å². The maximum absolute atomic E-state index is 12.3. The Bertz CT molecular complexity index is 794. The molecule has 1 heterocycles. The lowest BCUT2D eigenvalue weighted by Crippen LogP contribution is -2.26. The molecule has 0 bridgehead atoms. The topological polar surface area (TPSA) is 57.8 Å². The van der Waals surface area contributed by atoms with Gasteiger partial charge in [0, 0.05) is 17.5 Å². The fraction of sp³-hybridized carbons (Fsp3) is 0.176. The van der Waals surface area contributed by atoms with E-state index in [2.05, 4.69) is 27.4 Å². The van der Waals surface area contributed by atoms with E-state index in [4.69, 9.17) is 0 Å². The van der Waals surface area contributed by atoms with Gasteiger partial charge in [0.15, 0.2) is 0 Å². The first-order chi connectivity index (χ1) is 10.3. The highest BCUT2D eigenvalue weighted by molar-refractivity contribution is 5.97. The molecule has 104 valence electrons. The number of H-pyrrole nitrogens is 1. The number of imidazole rings is 1. The average molecular weight is 277 g/mol. The van der Waals surface area contributed by atoms with Gasteiger partial charge in [-0.3, -0.25) is 4.79 Å². The van der Waals surface area contributed by atoms with Crippen molar-refractivity contribution < 1.29 is 4.79 Å². The summed E-state index contributed by atoms with van der Waals surface area (Å²) in [4.78, 5) is 19.5. The van der Waals surface area contributed by atoms with Crippen LogP contribution in [0.5, 0.6) is 0 Å². The number of aromatic amines is 1. The molecule has 3 aromatic rings. The maximum atomic E-state index is 12.3. The monoisotopic (exact) mass is 277 g/mol. The zero-order valence-electron chi connectivity index (χ0n) is 11.4. The molecule has 0 aliphatic heterocycles. The predicted molar refractivity (Wildman–Crippen MR) is 81.1 cm³/mol. The van der Waals surface area contributed by atoms with Crippen molar-refractivity contribution in [1.29, 1.82) is 0 Å². The zero-order valence-corrected chi connectivity index (χ0v) is 11.4. The Morgan fingerprint density at radius 3 is 2.90 bits per heavy atom. The van der Waals surface area contributed by atoms with Gasteiger partial charge in [-0.1, -0.05) is 30.3 Å². The molecular weight excluding hydrogens is 262 g/mol. The number of rotatable bonds is 3. The lowest BCUT2D eigenvalue weighted by atomic mass is 10.1. The highest BCUT2D eigenvalue weighted by Crippen LogP contribution is 2.40. The number of carbonyl (C=O) groups is 1. The molecule has 21 heavy (non-hydrogen) atoms. The quantitative estimate of drug-likeness (QED) is 0.773. The molecule has 1 fully saturated rings. The van der Waals surface area contributed by atoms with Gasteiger partial charge in [0.25, 0.3) is 5.91 Å². The van der Waals surface area contributed by atoms with Crippen LogP contribution < -0.4 is 5.32 Å². The van der Waals surface area contributed by atoms with Gasteiger partial charge in [-0.25, -0.2) is 4.98 Å². The molecule has 2 atom stereocenters. The molecule has 4 nitrogen and oxygen atoms in total. The summed E-state index contributed by atoms with van der Waals surface area (Å²) in [6.07, 6.45) is 2.65. The zero-order chi connectivity index (χ0) is 14.2. The van der Waals surface area contributed by atoms with Crippen molar-refractivity contribution in [1.82, 2.24) is 15.3 Å². The summed E-state index contributed by atoms with van der Waals surface area (Å²) in [5, 5.41) is 3.10. The number of fused-ring (bicyclic) bond motifs is 1. The van der Waals surface area contributed by atoms with Gasteiger partial charge in [0.1, 0.15) is 0 Å². The average Bonchev–Trinajstić information content (AvgIpc) is 3.12. The molecule has 1 aromatic heterocycles. The number of hydrogen-bond acceptors (Lipinski definition) is 2. The largest absolute Gasteiger partial charge is 0.349 e. The molecule has 2 aromatic carbocycles. The molecule has 1 aliphatic rings. The van der Waals surface area contributed by atoms with Crippen molar-refractivity contribution in [3.63, 3.8) is 0 Å². The summed E-state index contributed by atoms with van der Waals surface area (Å²) in [6, 6.07) is 16.1. The fourth-order valence-electron chi connectivity index (χ4n) is 2.75. The number of hydrogen-bond donors (Lipinski definition) is 2. The van der Waals surface area contributed by atoms with Crippen LogP contribution in [0.1, 0.15) is 28.3 Å². The van der Waals surface area contributed by atoms with Gasteiger partial charge in [-0.05, 0) is 30.2 Å². The second kappa shape index (κ2) is 4.74. The third-order valence-corrected chi connectivity index (χ3v) is 4.02. The lowest BCUT2D eigenvalue weighted by molar-refractivity contribution is 0.0950. The van der Waals surface area contributed by atoms with Crippen LogP contribution in [0.15, 0.2) is 54.9 Å². The fourth-order valence-corrected chi connectivity index (χ4v) is 2.75. The molecule has 2 unspecified atom stereocenters. The van der Waals surface area contributed by atoms with Crippen molar-refractivity contribution in [2.75, 3.05) is 0 Å². The van der Waals surface area contributed by atoms with E-state index < -0.39 is 0 Å². The minimum absolute atomic E-state index is 0.0186. The molecule has 4 rings (SSSR count). The first-order valence-electron chi connectivity index (χ1n) is 7.10. The third-order valence-electron chi connectivity index (χ3n) is 4.02. The second-order valence-corrected chi connectivity index (χ2v) is 5.47. The van der Waals surface area contributed by atoms with Crippen LogP contribution in [0.3, 0.4) is 0 Å². The Balaban J connectivity index is 1.47. The van der Waals surface area contributed by atoms with Crippen molar-refractivity contribution in [3.8, 4) is 0 Å². The summed E-state index contributed by atoms with van der Waals surface area (Å²) in [5.41, 5.74) is 3.73. The van der Waals surface area contributed by atoms with Crippen molar-refractivity contribution in [3.05, 3.63) is 66.0 Å². The number of carbonyl (C=O) groups excluding carboxylic acids is 1. The van der Waals surface area contributed by atoms with E-state index in [-0.39, 0.29) is 11.9 Å². The number of nitrogens with zero attached hydrogens (tertiary/aromatic N) is 1. The van der Waals surface area contributed by atoms with Crippen LogP contribution in [-0.2, 0) is 0 Å². The molecular formula is C17H15N3O. The molecule has 1 aliphatic carbocycles. The third kappa shape index (κ3) is 2.29. The summed E-state index contributed by atoms with van der Waals surface area (Å²) in [7, 11) is 0. The summed E-state index contributed by atoms with van der Waals surface area (Å²) < 4.78 is 0. The molecule has 2 N–H and O–H groups in total. The van der Waals surface area contributed by atoms with E-state index in [1.807, 2.05) is 36.4 Å². The van der Waals surface area contributed by atoms with Gasteiger partial charge in [0.05, 0.1) is 17.4 Å². The summed E-state index contributed by atoms with van der Waals surface area (Å²) >= 11 is 0. The van der Waals surface area contributed by atoms with Crippen molar-refractivity contribution >= 4 is 16.9 Å². The normalized spacial score (nSPS) is 20.4. The van der Waals surface area contributed by atoms with Crippen LogP contribution in [0.25, 0.3) is 11.0 Å². The summed E-state index contributed by atoms with van der Waals surface area (Å²) in [5.74, 6) is 0.431. The molecule has 1 saturated carbocycles.